The van der Waals surface area contributed by atoms with Crippen LogP contribution in [0, 0.1) is 5.92 Å². The zero-order chi connectivity index (χ0) is 11.4. The predicted molar refractivity (Wildman–Crippen MR) is 57.5 cm³/mol. The van der Waals surface area contributed by atoms with Crippen LogP contribution in [0.1, 0.15) is 44.1 Å². The number of amides is 1. The summed E-state index contributed by atoms with van der Waals surface area (Å²) >= 11 is 0. The second-order valence-corrected chi connectivity index (χ2v) is 3.97. The molecule has 1 unspecified atom stereocenters. The number of aromatic nitrogens is 3. The van der Waals surface area contributed by atoms with Gasteiger partial charge >= 0.3 is 0 Å². The van der Waals surface area contributed by atoms with E-state index in [1.165, 1.54) is 0 Å². The molecule has 84 valence electrons. The van der Waals surface area contributed by atoms with Gasteiger partial charge in [0.15, 0.2) is 0 Å². The highest BCUT2D eigenvalue weighted by Crippen LogP contribution is 2.01. The van der Waals surface area contributed by atoms with E-state index in [1.54, 1.807) is 0 Å². The van der Waals surface area contributed by atoms with Crippen LogP contribution in [0.5, 0.6) is 0 Å². The summed E-state index contributed by atoms with van der Waals surface area (Å²) in [5, 5.41) is 9.42. The summed E-state index contributed by atoms with van der Waals surface area (Å²) in [6.45, 7) is 8.04. The molecule has 0 saturated heterocycles. The van der Waals surface area contributed by atoms with Gasteiger partial charge in [-0.1, -0.05) is 20.8 Å². The van der Waals surface area contributed by atoms with Crippen molar-refractivity contribution in [3.05, 3.63) is 11.6 Å². The molecule has 5 nitrogen and oxygen atoms in total. The summed E-state index contributed by atoms with van der Waals surface area (Å²) in [4.78, 5) is 15.7. The van der Waals surface area contributed by atoms with Crippen LogP contribution in [0.25, 0.3) is 0 Å². The lowest BCUT2D eigenvalue weighted by Crippen LogP contribution is -2.36. The molecule has 0 aliphatic rings. The first-order valence-corrected chi connectivity index (χ1v) is 5.26. The molecular weight excluding hydrogens is 192 g/mol. The lowest BCUT2D eigenvalue weighted by Gasteiger charge is -2.15. The van der Waals surface area contributed by atoms with Crippen LogP contribution in [-0.2, 0) is 6.42 Å². The average Bonchev–Trinajstić information content (AvgIpc) is 2.65. The van der Waals surface area contributed by atoms with Gasteiger partial charge in [-0.05, 0) is 12.8 Å². The summed E-state index contributed by atoms with van der Waals surface area (Å²) in [5.74, 6) is 1.14. The van der Waals surface area contributed by atoms with Crippen molar-refractivity contribution in [1.82, 2.24) is 20.5 Å². The van der Waals surface area contributed by atoms with E-state index < -0.39 is 0 Å². The molecular formula is C10H18N4O. The van der Waals surface area contributed by atoms with Gasteiger partial charge in [-0.3, -0.25) is 9.89 Å². The fraction of sp³-hybridized carbons (Fsp3) is 0.700. The second-order valence-electron chi connectivity index (χ2n) is 3.97. The van der Waals surface area contributed by atoms with E-state index in [0.717, 1.165) is 12.2 Å². The highest BCUT2D eigenvalue weighted by molar-refractivity contribution is 5.90. The maximum Gasteiger partial charge on any atom is 0.291 e. The van der Waals surface area contributed by atoms with Gasteiger partial charge in [-0.25, -0.2) is 4.98 Å². The summed E-state index contributed by atoms with van der Waals surface area (Å²) in [7, 11) is 0. The van der Waals surface area contributed by atoms with Crippen LogP contribution in [-0.4, -0.2) is 27.1 Å². The molecule has 0 saturated carbocycles. The lowest BCUT2D eigenvalue weighted by molar-refractivity contribution is 0.0920. The van der Waals surface area contributed by atoms with Crippen molar-refractivity contribution in [3.63, 3.8) is 0 Å². The Kier molecular flexibility index (Phi) is 3.82. The van der Waals surface area contributed by atoms with E-state index in [0.29, 0.717) is 5.92 Å². The molecule has 1 amide bonds. The third-order valence-corrected chi connectivity index (χ3v) is 2.43. The minimum atomic E-state index is -0.216. The van der Waals surface area contributed by atoms with Gasteiger partial charge < -0.3 is 5.32 Å². The number of nitrogens with zero attached hydrogens (tertiary/aromatic N) is 2. The maximum absolute atomic E-state index is 11.6. The number of H-pyrrole nitrogens is 1. The predicted octanol–water partition coefficient (Wildman–Crippen LogP) is 1.14. The molecule has 1 heterocycles. The fourth-order valence-electron chi connectivity index (χ4n) is 0.993. The average molecular weight is 210 g/mol. The molecule has 1 rings (SSSR count). The van der Waals surface area contributed by atoms with Gasteiger partial charge in [0, 0.05) is 12.5 Å². The number of aromatic amines is 1. The molecule has 15 heavy (non-hydrogen) atoms. The molecule has 0 radical (unpaired) electrons. The van der Waals surface area contributed by atoms with Crippen LogP contribution < -0.4 is 5.32 Å². The summed E-state index contributed by atoms with van der Waals surface area (Å²) < 4.78 is 0. The van der Waals surface area contributed by atoms with Crippen LogP contribution >= 0.6 is 0 Å². The highest BCUT2D eigenvalue weighted by atomic mass is 16.2. The normalized spacial score (nSPS) is 12.9. The quantitative estimate of drug-likeness (QED) is 0.783. The number of carbonyl (C=O) groups is 1. The SMILES string of the molecule is CCc1nc(C(=O)NC(C)C(C)C)n[nH]1. The highest BCUT2D eigenvalue weighted by Gasteiger charge is 2.15. The van der Waals surface area contributed by atoms with Gasteiger partial charge in [0.05, 0.1) is 0 Å². The van der Waals surface area contributed by atoms with E-state index in [-0.39, 0.29) is 17.8 Å². The van der Waals surface area contributed by atoms with Crippen molar-refractivity contribution < 1.29 is 4.79 Å². The molecule has 0 aromatic carbocycles. The second kappa shape index (κ2) is 4.91. The van der Waals surface area contributed by atoms with Crippen molar-refractivity contribution in [3.8, 4) is 0 Å². The summed E-state index contributed by atoms with van der Waals surface area (Å²) in [6, 6.07) is 0.126. The molecule has 0 bridgehead atoms. The molecule has 0 aliphatic heterocycles. The van der Waals surface area contributed by atoms with Gasteiger partial charge in [0.2, 0.25) is 5.82 Å². The van der Waals surface area contributed by atoms with Crippen LogP contribution in [0.15, 0.2) is 0 Å². The number of nitrogens with one attached hydrogen (secondary N) is 2. The standard InChI is InChI=1S/C10H18N4O/c1-5-8-12-9(14-13-8)10(15)11-7(4)6(2)3/h6-7H,5H2,1-4H3,(H,11,15)(H,12,13,14). The van der Waals surface area contributed by atoms with Gasteiger partial charge in [0.25, 0.3) is 5.91 Å². The topological polar surface area (TPSA) is 70.7 Å². The number of hydrogen-bond acceptors (Lipinski definition) is 3. The molecule has 1 aromatic rings. The van der Waals surface area contributed by atoms with Crippen molar-refractivity contribution in [2.45, 2.75) is 40.2 Å². The molecule has 0 spiro atoms. The third kappa shape index (κ3) is 3.04. The molecule has 5 heteroatoms. The number of aryl methyl sites for hydroxylation is 1. The summed E-state index contributed by atoms with van der Waals surface area (Å²) in [5.41, 5.74) is 0. The first-order valence-electron chi connectivity index (χ1n) is 5.26. The number of carbonyl (C=O) groups excluding carboxylic acids is 1. The number of rotatable bonds is 4. The molecule has 0 fully saturated rings. The first-order chi connectivity index (χ1) is 7.04. The van der Waals surface area contributed by atoms with Crippen LogP contribution in [0.2, 0.25) is 0 Å². The number of hydrogen-bond donors (Lipinski definition) is 2. The van der Waals surface area contributed by atoms with Crippen molar-refractivity contribution >= 4 is 5.91 Å². The minimum Gasteiger partial charge on any atom is -0.347 e. The smallest absolute Gasteiger partial charge is 0.291 e. The van der Waals surface area contributed by atoms with E-state index in [9.17, 15) is 4.79 Å². The van der Waals surface area contributed by atoms with E-state index in [1.807, 2.05) is 13.8 Å². The Bertz CT molecular complexity index is 332. The molecule has 0 aliphatic carbocycles. The lowest BCUT2D eigenvalue weighted by atomic mass is 10.1. The van der Waals surface area contributed by atoms with Crippen LogP contribution in [0.4, 0.5) is 0 Å². The van der Waals surface area contributed by atoms with Crippen molar-refractivity contribution in [1.29, 1.82) is 0 Å². The van der Waals surface area contributed by atoms with Gasteiger partial charge in [-0.2, -0.15) is 0 Å². The summed E-state index contributed by atoms with van der Waals surface area (Å²) in [6.07, 6.45) is 0.750. The molecule has 2 N–H and O–H groups in total. The Hall–Kier alpha value is -1.39. The van der Waals surface area contributed by atoms with E-state index in [4.69, 9.17) is 0 Å². The Morgan fingerprint density at radius 2 is 2.13 bits per heavy atom. The molecule has 1 aromatic heterocycles. The molecule has 1 atom stereocenters. The zero-order valence-electron chi connectivity index (χ0n) is 9.66. The van der Waals surface area contributed by atoms with Crippen LogP contribution in [0.3, 0.4) is 0 Å². The fourth-order valence-corrected chi connectivity index (χ4v) is 0.993. The van der Waals surface area contributed by atoms with Crippen molar-refractivity contribution in [2.24, 2.45) is 5.92 Å². The monoisotopic (exact) mass is 210 g/mol. The Balaban J connectivity index is 2.61. The Morgan fingerprint density at radius 1 is 1.47 bits per heavy atom. The van der Waals surface area contributed by atoms with Gasteiger partial charge in [0.1, 0.15) is 5.82 Å². The first kappa shape index (κ1) is 11.7. The third-order valence-electron chi connectivity index (χ3n) is 2.43. The Labute approximate surface area is 89.7 Å². The maximum atomic E-state index is 11.6. The van der Waals surface area contributed by atoms with Crippen molar-refractivity contribution in [2.75, 3.05) is 0 Å². The van der Waals surface area contributed by atoms with E-state index in [2.05, 4.69) is 34.3 Å². The largest absolute Gasteiger partial charge is 0.347 e. The Morgan fingerprint density at radius 3 is 2.60 bits per heavy atom. The zero-order valence-corrected chi connectivity index (χ0v) is 9.66. The van der Waals surface area contributed by atoms with Gasteiger partial charge in [-0.15, -0.1) is 5.10 Å². The van der Waals surface area contributed by atoms with E-state index >= 15 is 0 Å². The minimum absolute atomic E-state index is 0.126.